The molecule has 0 saturated carbocycles. The zero-order valence-electron chi connectivity index (χ0n) is 12.9. The van der Waals surface area contributed by atoms with Crippen LogP contribution in [0.1, 0.15) is 11.1 Å². The molecule has 0 amide bonds. The number of hydrogen-bond donors (Lipinski definition) is 3. The van der Waals surface area contributed by atoms with E-state index in [1.54, 1.807) is 19.2 Å². The molecule has 0 fully saturated rings. The first-order valence-corrected chi connectivity index (χ1v) is 7.39. The highest BCUT2D eigenvalue weighted by Crippen LogP contribution is 2.24. The van der Waals surface area contributed by atoms with Crippen molar-refractivity contribution in [3.63, 3.8) is 0 Å². The monoisotopic (exact) mass is 306 g/mol. The fraction of sp³-hybridized carbons (Fsp3) is 0.167. The van der Waals surface area contributed by atoms with E-state index in [-0.39, 0.29) is 0 Å². The molecule has 5 nitrogen and oxygen atoms in total. The minimum absolute atomic E-state index is 0.561. The Morgan fingerprint density at radius 1 is 1.26 bits per heavy atom. The van der Waals surface area contributed by atoms with Gasteiger partial charge in [-0.1, -0.05) is 0 Å². The summed E-state index contributed by atoms with van der Waals surface area (Å²) in [6.45, 7) is 0.725. The molecule has 0 atom stereocenters. The summed E-state index contributed by atoms with van der Waals surface area (Å²) in [5.74, 6) is 0.844. The van der Waals surface area contributed by atoms with Gasteiger partial charge in [-0.25, -0.2) is 0 Å². The van der Waals surface area contributed by atoms with Crippen LogP contribution in [0.3, 0.4) is 0 Å². The zero-order valence-corrected chi connectivity index (χ0v) is 12.9. The maximum Gasteiger partial charge on any atom is 0.119 e. The molecular formula is C18H18N4O. The molecule has 0 spiro atoms. The lowest BCUT2D eigenvalue weighted by Gasteiger charge is -2.08. The quantitative estimate of drug-likeness (QED) is 0.631. The van der Waals surface area contributed by atoms with Gasteiger partial charge in [0.15, 0.2) is 0 Å². The molecule has 0 aliphatic rings. The summed E-state index contributed by atoms with van der Waals surface area (Å²) in [5, 5.41) is 13.6. The molecule has 0 bridgehead atoms. The summed E-state index contributed by atoms with van der Waals surface area (Å²) in [6, 6.07) is 13.5. The van der Waals surface area contributed by atoms with Crippen molar-refractivity contribution in [3.05, 3.63) is 53.7 Å². The molecule has 3 rings (SSSR count). The van der Waals surface area contributed by atoms with E-state index >= 15 is 0 Å². The molecule has 0 aliphatic heterocycles. The van der Waals surface area contributed by atoms with Gasteiger partial charge in [0.2, 0.25) is 0 Å². The number of ether oxygens (including phenoxy) is 1. The maximum absolute atomic E-state index is 9.16. The van der Waals surface area contributed by atoms with Gasteiger partial charge in [0.1, 0.15) is 11.8 Å². The summed E-state index contributed by atoms with van der Waals surface area (Å²) in [7, 11) is 1.67. The van der Waals surface area contributed by atoms with E-state index in [4.69, 9.17) is 15.7 Å². The highest BCUT2D eigenvalue weighted by Gasteiger charge is 2.06. The maximum atomic E-state index is 9.16. The summed E-state index contributed by atoms with van der Waals surface area (Å²) < 4.78 is 5.28. The largest absolute Gasteiger partial charge is 0.497 e. The van der Waals surface area contributed by atoms with E-state index in [1.807, 2.05) is 30.5 Å². The highest BCUT2D eigenvalue weighted by molar-refractivity contribution is 5.84. The third kappa shape index (κ3) is 3.06. The molecule has 116 valence electrons. The molecule has 5 heteroatoms. The molecule has 0 saturated heterocycles. The van der Waals surface area contributed by atoms with Gasteiger partial charge in [-0.2, -0.15) is 5.26 Å². The second-order valence-corrected chi connectivity index (χ2v) is 5.32. The van der Waals surface area contributed by atoms with Crippen molar-refractivity contribution in [2.75, 3.05) is 24.7 Å². The number of methoxy groups -OCH3 is 1. The Hall–Kier alpha value is -3.13. The smallest absolute Gasteiger partial charge is 0.119 e. The van der Waals surface area contributed by atoms with Crippen molar-refractivity contribution in [2.45, 2.75) is 6.42 Å². The van der Waals surface area contributed by atoms with Gasteiger partial charge in [0.05, 0.1) is 18.4 Å². The lowest BCUT2D eigenvalue weighted by atomic mass is 10.1. The van der Waals surface area contributed by atoms with Crippen molar-refractivity contribution >= 4 is 22.3 Å². The number of hydrogen-bond acceptors (Lipinski definition) is 4. The van der Waals surface area contributed by atoms with Crippen LogP contribution >= 0.6 is 0 Å². The average Bonchev–Trinajstić information content (AvgIpc) is 2.98. The number of aromatic nitrogens is 1. The number of nitriles is 1. The number of nitrogen functional groups attached to an aromatic ring is 1. The Morgan fingerprint density at radius 3 is 2.91 bits per heavy atom. The number of H-pyrrole nitrogens is 1. The molecule has 2 aromatic carbocycles. The molecule has 1 aromatic heterocycles. The van der Waals surface area contributed by atoms with Gasteiger partial charge >= 0.3 is 0 Å². The van der Waals surface area contributed by atoms with Gasteiger partial charge in [-0.05, 0) is 48.4 Å². The van der Waals surface area contributed by atoms with Crippen molar-refractivity contribution in [3.8, 4) is 11.8 Å². The van der Waals surface area contributed by atoms with Gasteiger partial charge < -0.3 is 20.8 Å². The van der Waals surface area contributed by atoms with Crippen molar-refractivity contribution in [1.82, 2.24) is 4.98 Å². The van der Waals surface area contributed by atoms with Crippen LogP contribution in [-0.4, -0.2) is 18.6 Å². The van der Waals surface area contributed by atoms with Crippen molar-refractivity contribution in [1.29, 1.82) is 5.26 Å². The van der Waals surface area contributed by atoms with E-state index in [2.05, 4.69) is 16.4 Å². The fourth-order valence-electron chi connectivity index (χ4n) is 2.63. The van der Waals surface area contributed by atoms with Crippen molar-refractivity contribution < 1.29 is 4.74 Å². The number of fused-ring (bicyclic) bond motifs is 1. The minimum atomic E-state index is 0.561. The van der Waals surface area contributed by atoms with Crippen LogP contribution in [0.15, 0.2) is 42.6 Å². The molecule has 3 aromatic rings. The molecular weight excluding hydrogens is 288 g/mol. The van der Waals surface area contributed by atoms with Crippen LogP contribution < -0.4 is 15.8 Å². The number of nitrogens with one attached hydrogen (secondary N) is 2. The minimum Gasteiger partial charge on any atom is -0.497 e. The van der Waals surface area contributed by atoms with Gasteiger partial charge in [0.25, 0.3) is 0 Å². The number of aromatic amines is 1. The summed E-state index contributed by atoms with van der Waals surface area (Å²) in [6.07, 6.45) is 2.85. The van der Waals surface area contributed by atoms with E-state index in [0.29, 0.717) is 11.3 Å². The number of nitrogens with zero attached hydrogens (tertiary/aromatic N) is 1. The molecule has 0 unspecified atom stereocenters. The molecule has 4 N–H and O–H groups in total. The fourth-order valence-corrected chi connectivity index (χ4v) is 2.63. The Bertz CT molecular complexity index is 876. The first-order chi connectivity index (χ1) is 11.2. The average molecular weight is 306 g/mol. The van der Waals surface area contributed by atoms with Crippen LogP contribution in [0.2, 0.25) is 0 Å². The molecule has 0 aliphatic carbocycles. The molecule has 1 heterocycles. The summed E-state index contributed by atoms with van der Waals surface area (Å²) in [4.78, 5) is 3.27. The second-order valence-electron chi connectivity index (χ2n) is 5.32. The molecule has 23 heavy (non-hydrogen) atoms. The second kappa shape index (κ2) is 6.32. The third-order valence-electron chi connectivity index (χ3n) is 3.85. The first kappa shape index (κ1) is 14.8. The Morgan fingerprint density at radius 2 is 2.13 bits per heavy atom. The zero-order chi connectivity index (χ0) is 16.2. The van der Waals surface area contributed by atoms with Gasteiger partial charge in [-0.3, -0.25) is 0 Å². The number of rotatable bonds is 5. The Labute approximate surface area is 134 Å². The van der Waals surface area contributed by atoms with E-state index in [0.717, 1.165) is 35.3 Å². The normalized spacial score (nSPS) is 10.4. The number of benzene rings is 2. The predicted molar refractivity (Wildman–Crippen MR) is 92.6 cm³/mol. The predicted octanol–water partition coefficient (Wildman–Crippen LogP) is 3.28. The number of anilines is 2. The van der Waals surface area contributed by atoms with Crippen LogP contribution in [0, 0.1) is 11.3 Å². The van der Waals surface area contributed by atoms with E-state index in [1.165, 1.54) is 5.56 Å². The van der Waals surface area contributed by atoms with Crippen LogP contribution in [0.4, 0.5) is 11.4 Å². The summed E-state index contributed by atoms with van der Waals surface area (Å²) in [5.41, 5.74) is 9.96. The third-order valence-corrected chi connectivity index (χ3v) is 3.85. The lowest BCUT2D eigenvalue weighted by Crippen LogP contribution is -2.06. The standard InChI is InChI=1S/C18H18N4O/c1-23-15-3-5-18-16(9-15)12(11-22-18)6-7-21-17-4-2-14(20)8-13(17)10-19/h2-5,8-9,11,21-22H,6-7,20H2,1H3. The van der Waals surface area contributed by atoms with E-state index in [9.17, 15) is 0 Å². The molecule has 0 radical (unpaired) electrons. The Kier molecular flexibility index (Phi) is 4.07. The number of nitrogens with two attached hydrogens (primary N) is 1. The first-order valence-electron chi connectivity index (χ1n) is 7.39. The highest BCUT2D eigenvalue weighted by atomic mass is 16.5. The summed E-state index contributed by atoms with van der Waals surface area (Å²) >= 11 is 0. The van der Waals surface area contributed by atoms with Crippen LogP contribution in [-0.2, 0) is 6.42 Å². The SMILES string of the molecule is COc1ccc2[nH]cc(CCNc3ccc(N)cc3C#N)c2c1. The van der Waals surface area contributed by atoms with Crippen LogP contribution in [0.5, 0.6) is 5.75 Å². The lowest BCUT2D eigenvalue weighted by molar-refractivity contribution is 0.415. The van der Waals surface area contributed by atoms with E-state index < -0.39 is 0 Å². The van der Waals surface area contributed by atoms with Gasteiger partial charge in [0, 0.05) is 29.3 Å². The topological polar surface area (TPSA) is 86.9 Å². The Balaban J connectivity index is 1.73. The van der Waals surface area contributed by atoms with Crippen molar-refractivity contribution in [2.24, 2.45) is 0 Å². The van der Waals surface area contributed by atoms with Gasteiger partial charge in [-0.15, -0.1) is 0 Å². The van der Waals surface area contributed by atoms with Crippen LogP contribution in [0.25, 0.3) is 10.9 Å².